The number of halogens is 1. The molecule has 0 fully saturated rings. The number of hydrogen-bond donors (Lipinski definition) is 0. The molecule has 0 saturated heterocycles. The molecule has 0 radical (unpaired) electrons. The fraction of sp³-hybridized carbons (Fsp3) is 0.267. The molecule has 2 nitrogen and oxygen atoms in total. The summed E-state index contributed by atoms with van der Waals surface area (Å²) in [5, 5.41) is 7.18. The van der Waals surface area contributed by atoms with E-state index in [-0.39, 0.29) is 24.0 Å². The van der Waals surface area contributed by atoms with Crippen LogP contribution in [-0.2, 0) is 0 Å². The van der Waals surface area contributed by atoms with E-state index >= 15 is 0 Å². The Morgan fingerprint density at radius 1 is 0.944 bits per heavy atom. The first-order chi connectivity index (χ1) is 7.96. The van der Waals surface area contributed by atoms with Crippen molar-refractivity contribution in [2.24, 2.45) is 5.10 Å². The highest BCUT2D eigenvalue weighted by Crippen LogP contribution is 2.16. The highest BCUT2D eigenvalue weighted by molar-refractivity contribution is 6.01. The first-order valence-electron chi connectivity index (χ1n) is 5.83. The average Bonchev–Trinajstić information content (AvgIpc) is 2.26. The lowest BCUT2D eigenvalue weighted by Gasteiger charge is -2.16. The van der Waals surface area contributed by atoms with Gasteiger partial charge in [-0.2, -0.15) is 0 Å². The van der Waals surface area contributed by atoms with E-state index in [1.165, 1.54) is 16.3 Å². The molecule has 2 rings (SSSR count). The number of nitrogens with zero attached hydrogens (tertiary/aromatic N) is 2. The van der Waals surface area contributed by atoms with Crippen molar-refractivity contribution in [2.75, 3.05) is 21.1 Å². The van der Waals surface area contributed by atoms with E-state index in [0.717, 1.165) is 5.71 Å². The van der Waals surface area contributed by atoms with Gasteiger partial charge in [0.2, 0.25) is 0 Å². The zero-order valence-electron chi connectivity index (χ0n) is 11.3. The molecule has 0 heterocycles. The van der Waals surface area contributed by atoms with Crippen LogP contribution in [0.3, 0.4) is 0 Å². The van der Waals surface area contributed by atoms with Gasteiger partial charge in [0.25, 0.3) is 0 Å². The SMILES string of the molecule is C/C(=N\[N+](C)(C)C)c1ccc2ccccc2c1.[I-]. The summed E-state index contributed by atoms with van der Waals surface area (Å²) in [5.41, 5.74) is 2.26. The number of fused-ring (bicyclic) bond motifs is 1. The number of quaternary nitrogens is 1. The molecule has 0 aromatic heterocycles. The topological polar surface area (TPSA) is 12.4 Å². The number of rotatable bonds is 2. The van der Waals surface area contributed by atoms with Crippen LogP contribution in [0.25, 0.3) is 10.8 Å². The van der Waals surface area contributed by atoms with Crippen molar-refractivity contribution in [1.82, 2.24) is 0 Å². The first kappa shape index (κ1) is 15.1. The molecule has 0 aliphatic heterocycles. The molecule has 0 aliphatic carbocycles. The lowest BCUT2D eigenvalue weighted by atomic mass is 10.0. The Morgan fingerprint density at radius 3 is 2.17 bits per heavy atom. The van der Waals surface area contributed by atoms with Gasteiger partial charge in [-0.3, -0.25) is 0 Å². The number of benzene rings is 2. The van der Waals surface area contributed by atoms with Gasteiger partial charge in [-0.05, 0) is 23.8 Å². The molecule has 0 N–H and O–H groups in total. The van der Waals surface area contributed by atoms with E-state index in [4.69, 9.17) is 0 Å². The van der Waals surface area contributed by atoms with Crippen molar-refractivity contribution in [2.45, 2.75) is 6.92 Å². The molecular weight excluding hydrogens is 335 g/mol. The smallest absolute Gasteiger partial charge is 0.0999 e. The molecule has 0 amide bonds. The van der Waals surface area contributed by atoms with Crippen LogP contribution in [0.5, 0.6) is 0 Å². The zero-order chi connectivity index (χ0) is 12.5. The van der Waals surface area contributed by atoms with Crippen LogP contribution in [0.1, 0.15) is 12.5 Å². The maximum absolute atomic E-state index is 4.64. The van der Waals surface area contributed by atoms with Crippen molar-refractivity contribution >= 4 is 16.5 Å². The van der Waals surface area contributed by atoms with Crippen molar-refractivity contribution in [3.63, 3.8) is 0 Å². The van der Waals surface area contributed by atoms with Crippen LogP contribution < -0.4 is 24.0 Å². The van der Waals surface area contributed by atoms with Crippen LogP contribution in [0, 0.1) is 0 Å². The standard InChI is InChI=1S/C15H19N2.HI/c1-12(16-17(2,3)4)14-10-9-13-7-5-6-8-15(13)11-14;/h5-11H,1-4H3;1H/q+1;/p-1/b16-12+;. The molecule has 3 heteroatoms. The molecule has 2 aromatic rings. The summed E-state index contributed by atoms with van der Waals surface area (Å²) in [5.74, 6) is 0. The quantitative estimate of drug-likeness (QED) is 0.318. The predicted molar refractivity (Wildman–Crippen MR) is 74.2 cm³/mol. The lowest BCUT2D eigenvalue weighted by Crippen LogP contribution is -3.00. The van der Waals surface area contributed by atoms with Gasteiger partial charge < -0.3 is 24.0 Å². The Bertz CT molecular complexity index is 568. The zero-order valence-corrected chi connectivity index (χ0v) is 13.5. The van der Waals surface area contributed by atoms with Crippen molar-refractivity contribution in [3.05, 3.63) is 48.0 Å². The van der Waals surface area contributed by atoms with Crippen LogP contribution in [-0.4, -0.2) is 31.4 Å². The molecule has 0 aliphatic rings. The Balaban J connectivity index is 0.00000162. The molecule has 0 bridgehead atoms. The molecular formula is C15H19IN2. The molecule has 0 atom stereocenters. The summed E-state index contributed by atoms with van der Waals surface area (Å²) in [6, 6.07) is 14.9. The van der Waals surface area contributed by atoms with E-state index in [2.05, 4.69) is 75.6 Å². The highest BCUT2D eigenvalue weighted by atomic mass is 127. The van der Waals surface area contributed by atoms with Crippen LogP contribution in [0.4, 0.5) is 0 Å². The third-order valence-corrected chi connectivity index (χ3v) is 2.62. The van der Waals surface area contributed by atoms with E-state index in [9.17, 15) is 0 Å². The van der Waals surface area contributed by atoms with Gasteiger partial charge in [0.15, 0.2) is 0 Å². The van der Waals surface area contributed by atoms with Gasteiger partial charge >= 0.3 is 0 Å². The molecule has 0 spiro atoms. The molecule has 0 saturated carbocycles. The van der Waals surface area contributed by atoms with Crippen molar-refractivity contribution in [3.8, 4) is 0 Å². The van der Waals surface area contributed by atoms with E-state index in [1.807, 2.05) is 0 Å². The van der Waals surface area contributed by atoms with Gasteiger partial charge in [-0.15, -0.1) is 0 Å². The van der Waals surface area contributed by atoms with E-state index in [0.29, 0.717) is 4.59 Å². The summed E-state index contributed by atoms with van der Waals surface area (Å²) < 4.78 is 0.596. The Labute approximate surface area is 126 Å². The fourth-order valence-electron chi connectivity index (χ4n) is 1.92. The molecule has 18 heavy (non-hydrogen) atoms. The van der Waals surface area contributed by atoms with Gasteiger partial charge in [0.05, 0.1) is 26.9 Å². The van der Waals surface area contributed by atoms with Gasteiger partial charge in [0.1, 0.15) is 0 Å². The highest BCUT2D eigenvalue weighted by Gasteiger charge is 2.07. The first-order valence-corrected chi connectivity index (χ1v) is 5.83. The van der Waals surface area contributed by atoms with Crippen LogP contribution in [0.15, 0.2) is 47.6 Å². The maximum Gasteiger partial charge on any atom is 0.0999 e. The molecule has 2 aromatic carbocycles. The monoisotopic (exact) mass is 354 g/mol. The molecule has 96 valence electrons. The largest absolute Gasteiger partial charge is 1.00 e. The van der Waals surface area contributed by atoms with Crippen LogP contribution in [0.2, 0.25) is 0 Å². The fourth-order valence-corrected chi connectivity index (χ4v) is 1.92. The van der Waals surface area contributed by atoms with Crippen LogP contribution >= 0.6 is 0 Å². The summed E-state index contributed by atoms with van der Waals surface area (Å²) in [6.45, 7) is 2.06. The third-order valence-electron chi connectivity index (χ3n) is 2.62. The van der Waals surface area contributed by atoms with Crippen molar-refractivity contribution in [1.29, 1.82) is 0 Å². The minimum absolute atomic E-state index is 0. The summed E-state index contributed by atoms with van der Waals surface area (Å²) in [7, 11) is 6.18. The minimum atomic E-state index is 0. The third kappa shape index (κ3) is 3.78. The Kier molecular flexibility index (Phi) is 4.87. The van der Waals surface area contributed by atoms with E-state index < -0.39 is 0 Å². The second kappa shape index (κ2) is 5.80. The second-order valence-corrected chi connectivity index (χ2v) is 5.19. The van der Waals surface area contributed by atoms with Crippen molar-refractivity contribution < 1.29 is 28.6 Å². The normalized spacial score (nSPS) is 12.3. The molecule has 0 unspecified atom stereocenters. The van der Waals surface area contributed by atoms with E-state index in [1.54, 1.807) is 0 Å². The Morgan fingerprint density at radius 2 is 1.56 bits per heavy atom. The summed E-state index contributed by atoms with van der Waals surface area (Å²) >= 11 is 0. The van der Waals surface area contributed by atoms with Gasteiger partial charge in [0, 0.05) is 5.56 Å². The predicted octanol–water partition coefficient (Wildman–Crippen LogP) is 0.274. The lowest BCUT2D eigenvalue weighted by molar-refractivity contribution is -0.877. The maximum atomic E-state index is 4.64. The summed E-state index contributed by atoms with van der Waals surface area (Å²) in [4.78, 5) is 0. The minimum Gasteiger partial charge on any atom is -1.00 e. The second-order valence-electron chi connectivity index (χ2n) is 5.19. The van der Waals surface area contributed by atoms with Gasteiger partial charge in [-0.25, -0.2) is 4.59 Å². The summed E-state index contributed by atoms with van der Waals surface area (Å²) in [6.07, 6.45) is 0. The van der Waals surface area contributed by atoms with Gasteiger partial charge in [-0.1, -0.05) is 41.5 Å². The average molecular weight is 354 g/mol. The Hall–Kier alpha value is -0.940. The number of hydrogen-bond acceptors (Lipinski definition) is 1.